The third-order valence-corrected chi connectivity index (χ3v) is 23.3. The maximum absolute atomic E-state index is 13.4. The number of hydrogen-bond acceptors (Lipinski definition) is 1. The van der Waals surface area contributed by atoms with E-state index in [1.807, 2.05) is 0 Å². The first-order valence-corrected chi connectivity index (χ1v) is 20.5. The summed E-state index contributed by atoms with van der Waals surface area (Å²) in [6.45, 7) is 0. The lowest BCUT2D eigenvalue weighted by Gasteiger charge is -2.62. The van der Waals surface area contributed by atoms with Gasteiger partial charge in [-0.15, -0.1) is 0 Å². The Bertz CT molecular complexity index is 1460. The maximum atomic E-state index is 13.4. The Morgan fingerprint density at radius 2 is 0.535 bits per heavy atom. The van der Waals surface area contributed by atoms with Crippen LogP contribution in [0.15, 0.2) is 0 Å². The van der Waals surface area contributed by atoms with Crippen molar-refractivity contribution < 1.29 is 9.90 Å². The first-order chi connectivity index (χ1) is 21.2. The Balaban J connectivity index is 1.05. The zero-order valence-corrected chi connectivity index (χ0v) is 25.6. The van der Waals surface area contributed by atoms with Crippen LogP contribution >= 0.6 is 0 Å². The van der Waals surface area contributed by atoms with Gasteiger partial charge in [0.2, 0.25) is 0 Å². The molecule has 0 aromatic carbocycles. The molecule has 1 N–H and O–H groups in total. The average molecular weight is 575 g/mol. The molecule has 16 aliphatic carbocycles. The van der Waals surface area contributed by atoms with Crippen molar-refractivity contribution in [2.75, 3.05) is 0 Å². The maximum Gasteiger partial charge on any atom is 0.306 e. The molecule has 16 saturated carbocycles. The highest BCUT2D eigenvalue weighted by Gasteiger charge is 2.89. The van der Waals surface area contributed by atoms with Crippen LogP contribution in [0.2, 0.25) is 0 Å². The lowest BCUT2D eigenvalue weighted by atomic mass is 9.43. The predicted octanol–water partition coefficient (Wildman–Crippen LogP) is 6.90. The first kappa shape index (κ1) is 22.1. The van der Waals surface area contributed by atoms with Crippen molar-refractivity contribution >= 4 is 5.97 Å². The Labute approximate surface area is 256 Å². The van der Waals surface area contributed by atoms with Gasteiger partial charge in [-0.1, -0.05) is 0 Å². The topological polar surface area (TPSA) is 37.3 Å². The molecule has 0 spiro atoms. The molecule has 2 heteroatoms. The summed E-state index contributed by atoms with van der Waals surface area (Å²) in [4.78, 5) is 13.4. The highest BCUT2D eigenvalue weighted by Crippen LogP contribution is 2.92. The molecule has 0 aromatic heterocycles. The van der Waals surface area contributed by atoms with Crippen LogP contribution in [0.4, 0.5) is 0 Å². The van der Waals surface area contributed by atoms with E-state index in [0.29, 0.717) is 5.92 Å². The summed E-state index contributed by atoms with van der Waals surface area (Å²) in [5.74, 6) is 31.3. The van der Waals surface area contributed by atoms with E-state index in [9.17, 15) is 9.90 Å². The fourth-order valence-electron chi connectivity index (χ4n) is 25.1. The monoisotopic (exact) mass is 574 g/mol. The largest absolute Gasteiger partial charge is 0.481 e. The summed E-state index contributed by atoms with van der Waals surface area (Å²) in [5.41, 5.74) is 0. The Hall–Kier alpha value is -0.530. The van der Waals surface area contributed by atoms with E-state index in [1.54, 1.807) is 32.1 Å². The molecule has 2 nitrogen and oxygen atoms in total. The predicted molar refractivity (Wildman–Crippen MR) is 157 cm³/mol. The van der Waals surface area contributed by atoms with Crippen molar-refractivity contribution in [1.29, 1.82) is 0 Å². The van der Waals surface area contributed by atoms with Gasteiger partial charge in [0.1, 0.15) is 0 Å². The number of carboxylic acid groups (broad SMARTS) is 1. The fourth-order valence-corrected chi connectivity index (χ4v) is 25.1. The third kappa shape index (κ3) is 1.76. The minimum absolute atomic E-state index is 0.0234. The number of fused-ring (bicyclic) bond motifs is 5. The first-order valence-electron chi connectivity index (χ1n) is 20.5. The molecular weight excluding hydrogens is 524 g/mol. The van der Waals surface area contributed by atoms with E-state index in [2.05, 4.69) is 0 Å². The Morgan fingerprint density at radius 3 is 0.907 bits per heavy atom. The molecule has 16 fully saturated rings. The van der Waals surface area contributed by atoms with Crippen LogP contribution in [0.5, 0.6) is 0 Å². The number of aliphatic carboxylic acids is 1. The van der Waals surface area contributed by atoms with Gasteiger partial charge in [0.25, 0.3) is 0 Å². The summed E-state index contributed by atoms with van der Waals surface area (Å²) in [7, 11) is 0. The van der Waals surface area contributed by atoms with Crippen molar-refractivity contribution in [2.45, 2.75) is 57.8 Å². The molecule has 0 saturated heterocycles. The quantitative estimate of drug-likeness (QED) is 0.370. The number of rotatable bonds is 1. The highest BCUT2D eigenvalue weighted by atomic mass is 16.4. The van der Waals surface area contributed by atoms with Crippen molar-refractivity contribution in [3.63, 3.8) is 0 Å². The second-order valence-corrected chi connectivity index (χ2v) is 21.6. The molecule has 31 atom stereocenters. The lowest BCUT2D eigenvalue weighted by Crippen LogP contribution is -2.58. The van der Waals surface area contributed by atoms with Gasteiger partial charge in [-0.05, 0) is 235 Å². The molecule has 0 aliphatic heterocycles. The van der Waals surface area contributed by atoms with Crippen LogP contribution < -0.4 is 0 Å². The van der Waals surface area contributed by atoms with Crippen molar-refractivity contribution in [3.05, 3.63) is 0 Å². The Morgan fingerprint density at radius 1 is 0.302 bits per heavy atom. The molecular formula is C41H50O2. The van der Waals surface area contributed by atoms with Gasteiger partial charge in [-0.25, -0.2) is 0 Å². The lowest BCUT2D eigenvalue weighted by molar-refractivity contribution is -0.161. The van der Waals surface area contributed by atoms with Crippen LogP contribution in [0.25, 0.3) is 0 Å². The molecule has 31 unspecified atom stereocenters. The summed E-state index contributed by atoms with van der Waals surface area (Å²) in [6, 6.07) is 0. The highest BCUT2D eigenvalue weighted by molar-refractivity contribution is 5.71. The van der Waals surface area contributed by atoms with E-state index in [0.717, 1.165) is 166 Å². The second kappa shape index (κ2) is 6.22. The minimum Gasteiger partial charge on any atom is -0.481 e. The van der Waals surface area contributed by atoms with Crippen LogP contribution in [0.3, 0.4) is 0 Å². The minimum atomic E-state index is -0.341. The number of hydrogen-bond donors (Lipinski definition) is 1. The van der Waals surface area contributed by atoms with Gasteiger partial charge in [-0.3, -0.25) is 4.79 Å². The third-order valence-electron chi connectivity index (χ3n) is 23.3. The van der Waals surface area contributed by atoms with Crippen LogP contribution in [-0.4, -0.2) is 11.1 Å². The smallest absolute Gasteiger partial charge is 0.306 e. The average Bonchev–Trinajstić information content (AvgIpc) is 3.83. The van der Waals surface area contributed by atoms with E-state index in [-0.39, 0.29) is 11.9 Å². The van der Waals surface area contributed by atoms with Crippen molar-refractivity contribution in [3.8, 4) is 0 Å². The Kier molecular flexibility index (Phi) is 3.20. The SMILES string of the molecule is O=C(O)C1CC2C3CCC4C5CCC6C7CCC8C9CCC%10C1C1C2C2C3C4C3C5C6C4C7C8C5C9C%10C1C1C5C4C3C21. The molecule has 0 radical (unpaired) electrons. The standard InChI is InChI=1S/C41H50O2/c42-41(43)19-9-18-16-6-5-14-12-2-1-10-11-3-4-13-15-7-8-17-20(19)30-29(18)34-27(16)25(14)32-22(12)21(10)31-23(11)24(13)33-26(15)28(17)35(30)40-38(33)36(31)37(32)39(34)40/h10-40H,1-9H2,(H,42,43). The molecule has 0 aromatic rings. The number of carboxylic acids is 1. The summed E-state index contributed by atoms with van der Waals surface area (Å²) >= 11 is 0. The van der Waals surface area contributed by atoms with Gasteiger partial charge >= 0.3 is 5.97 Å². The van der Waals surface area contributed by atoms with Gasteiger partial charge in [-0.2, -0.15) is 0 Å². The van der Waals surface area contributed by atoms with Gasteiger partial charge in [0.05, 0.1) is 5.92 Å². The summed E-state index contributed by atoms with van der Waals surface area (Å²) < 4.78 is 0. The molecule has 16 rings (SSSR count). The molecule has 226 valence electrons. The van der Waals surface area contributed by atoms with E-state index >= 15 is 0 Å². The van der Waals surface area contributed by atoms with E-state index in [1.165, 1.54) is 31.1 Å². The van der Waals surface area contributed by atoms with Crippen LogP contribution in [0.1, 0.15) is 57.8 Å². The van der Waals surface area contributed by atoms with Gasteiger partial charge in [0.15, 0.2) is 0 Å². The zero-order chi connectivity index (χ0) is 26.8. The van der Waals surface area contributed by atoms with E-state index < -0.39 is 0 Å². The second-order valence-electron chi connectivity index (χ2n) is 21.6. The molecule has 0 amide bonds. The molecule has 0 bridgehead atoms. The molecule has 43 heavy (non-hydrogen) atoms. The zero-order valence-electron chi connectivity index (χ0n) is 25.6. The van der Waals surface area contributed by atoms with Gasteiger partial charge < -0.3 is 5.11 Å². The van der Waals surface area contributed by atoms with Crippen LogP contribution in [0, 0.1) is 183 Å². The summed E-state index contributed by atoms with van der Waals surface area (Å²) in [5, 5.41) is 11.1. The van der Waals surface area contributed by atoms with Crippen molar-refractivity contribution in [1.82, 2.24) is 0 Å². The summed E-state index contributed by atoms with van der Waals surface area (Å²) in [6.07, 6.45) is 13.8. The van der Waals surface area contributed by atoms with Crippen LogP contribution in [-0.2, 0) is 4.79 Å². The molecule has 16 aliphatic rings. The van der Waals surface area contributed by atoms with Crippen molar-refractivity contribution in [2.24, 2.45) is 183 Å². The van der Waals surface area contributed by atoms with E-state index in [4.69, 9.17) is 0 Å². The fraction of sp³-hybridized carbons (Fsp3) is 0.976. The normalized spacial score (nSPS) is 83.4. The van der Waals surface area contributed by atoms with Gasteiger partial charge in [0, 0.05) is 0 Å². The number of carbonyl (C=O) groups is 1. The molecule has 0 heterocycles.